The first-order chi connectivity index (χ1) is 14.3. The molecule has 0 spiro atoms. The number of aryl methyl sites for hydroxylation is 1. The van der Waals surface area contributed by atoms with Crippen LogP contribution in [-0.2, 0) is 0 Å². The van der Waals surface area contributed by atoms with Crippen molar-refractivity contribution in [3.05, 3.63) is 76.3 Å². The van der Waals surface area contributed by atoms with E-state index >= 15 is 0 Å². The number of phenolic OH excluding ortho intramolecular Hbond substituents is 1. The van der Waals surface area contributed by atoms with E-state index in [-0.39, 0.29) is 23.9 Å². The van der Waals surface area contributed by atoms with Crippen LogP contribution in [0.2, 0.25) is 5.02 Å². The van der Waals surface area contributed by atoms with Crippen molar-refractivity contribution in [3.8, 4) is 11.4 Å². The van der Waals surface area contributed by atoms with Gasteiger partial charge in [-0.15, -0.1) is 0 Å². The zero-order valence-electron chi connectivity index (χ0n) is 17.4. The van der Waals surface area contributed by atoms with E-state index < -0.39 is 0 Å². The van der Waals surface area contributed by atoms with E-state index in [4.69, 9.17) is 23.8 Å². The van der Waals surface area contributed by atoms with Crippen molar-refractivity contribution >= 4 is 28.9 Å². The van der Waals surface area contributed by atoms with Gasteiger partial charge in [0.25, 0.3) is 0 Å². The standard InChI is InChI=1S/C23H25ClN4OS/c1-13(2)27-22(21(26-23(27)30)18-7-5-6-10-25-18)17-11-14(3)28(15(17)4)19-12-16(24)8-9-20(19)29/h5-13,21-22,29H,1-4H3,(H,26,30)/t21-,22+/m0/s1. The number of pyridine rings is 1. The van der Waals surface area contributed by atoms with E-state index in [1.54, 1.807) is 18.2 Å². The summed E-state index contributed by atoms with van der Waals surface area (Å²) >= 11 is 11.9. The minimum atomic E-state index is -0.0667. The molecule has 2 aromatic heterocycles. The van der Waals surface area contributed by atoms with E-state index in [1.165, 1.54) is 0 Å². The second-order valence-corrected chi connectivity index (χ2v) is 8.75. The fourth-order valence-corrected chi connectivity index (χ4v) is 5.01. The fourth-order valence-electron chi connectivity index (χ4n) is 4.39. The molecular formula is C23H25ClN4OS. The Balaban J connectivity index is 1.88. The molecule has 2 atom stereocenters. The van der Waals surface area contributed by atoms with Gasteiger partial charge in [0.2, 0.25) is 0 Å². The molecule has 7 heteroatoms. The topological polar surface area (TPSA) is 53.3 Å². The molecule has 0 amide bonds. The third-order valence-corrected chi connectivity index (χ3v) is 6.22. The number of nitrogens with one attached hydrogen (secondary N) is 1. The van der Waals surface area contributed by atoms with Crippen molar-refractivity contribution in [1.82, 2.24) is 19.8 Å². The number of hydrogen-bond donors (Lipinski definition) is 2. The Bertz CT molecular complexity index is 1100. The van der Waals surface area contributed by atoms with Gasteiger partial charge in [-0.3, -0.25) is 4.98 Å². The largest absolute Gasteiger partial charge is 0.506 e. The number of benzene rings is 1. The Kier molecular flexibility index (Phi) is 5.47. The number of halogens is 1. The lowest BCUT2D eigenvalue weighted by Gasteiger charge is -2.31. The molecule has 0 radical (unpaired) electrons. The summed E-state index contributed by atoms with van der Waals surface area (Å²) in [5.74, 6) is 0.190. The van der Waals surface area contributed by atoms with Crippen molar-refractivity contribution < 1.29 is 5.11 Å². The van der Waals surface area contributed by atoms with Gasteiger partial charge >= 0.3 is 0 Å². The normalized spacial score (nSPS) is 18.9. The summed E-state index contributed by atoms with van der Waals surface area (Å²) in [4.78, 5) is 6.83. The lowest BCUT2D eigenvalue weighted by atomic mass is 9.96. The molecule has 2 N–H and O–H groups in total. The first-order valence-electron chi connectivity index (χ1n) is 9.97. The highest BCUT2D eigenvalue weighted by Crippen LogP contribution is 2.43. The van der Waals surface area contributed by atoms with Crippen molar-refractivity contribution in [2.24, 2.45) is 0 Å². The van der Waals surface area contributed by atoms with Crippen LogP contribution in [0, 0.1) is 13.8 Å². The van der Waals surface area contributed by atoms with E-state index in [2.05, 4.69) is 42.0 Å². The minimum absolute atomic E-state index is 0.0197. The summed E-state index contributed by atoms with van der Waals surface area (Å²) in [6, 6.07) is 13.3. The number of thiocarbonyl (C=S) groups is 1. The molecule has 0 bridgehead atoms. The molecule has 1 aliphatic rings. The minimum Gasteiger partial charge on any atom is -0.506 e. The second-order valence-electron chi connectivity index (χ2n) is 7.92. The van der Waals surface area contributed by atoms with Gasteiger partial charge in [-0.25, -0.2) is 0 Å². The van der Waals surface area contributed by atoms with Crippen LogP contribution in [0.3, 0.4) is 0 Å². The lowest BCUT2D eigenvalue weighted by Crippen LogP contribution is -2.35. The Morgan fingerprint density at radius 2 is 1.93 bits per heavy atom. The summed E-state index contributed by atoms with van der Waals surface area (Å²) in [6.07, 6.45) is 1.81. The van der Waals surface area contributed by atoms with Gasteiger partial charge in [-0.1, -0.05) is 17.7 Å². The molecule has 3 heterocycles. The van der Waals surface area contributed by atoms with Crippen molar-refractivity contribution in [2.45, 2.75) is 45.8 Å². The van der Waals surface area contributed by atoms with Crippen LogP contribution in [0.5, 0.6) is 5.75 Å². The Morgan fingerprint density at radius 1 is 1.17 bits per heavy atom. The summed E-state index contributed by atoms with van der Waals surface area (Å²) < 4.78 is 2.05. The van der Waals surface area contributed by atoms with Crippen LogP contribution in [0.25, 0.3) is 5.69 Å². The predicted molar refractivity (Wildman–Crippen MR) is 124 cm³/mol. The van der Waals surface area contributed by atoms with Gasteiger partial charge in [0, 0.05) is 28.6 Å². The van der Waals surface area contributed by atoms with Gasteiger partial charge in [-0.2, -0.15) is 0 Å². The zero-order chi connectivity index (χ0) is 21.6. The fraction of sp³-hybridized carbons (Fsp3) is 0.304. The van der Waals surface area contributed by atoms with Crippen LogP contribution in [-0.4, -0.2) is 30.7 Å². The van der Waals surface area contributed by atoms with E-state index in [1.807, 2.05) is 35.9 Å². The quantitative estimate of drug-likeness (QED) is 0.544. The molecule has 1 aliphatic heterocycles. The van der Waals surface area contributed by atoms with E-state index in [0.717, 1.165) is 27.8 Å². The Morgan fingerprint density at radius 3 is 2.60 bits per heavy atom. The van der Waals surface area contributed by atoms with Crippen molar-refractivity contribution in [1.29, 1.82) is 0 Å². The molecule has 1 aromatic carbocycles. The molecule has 0 aliphatic carbocycles. The highest BCUT2D eigenvalue weighted by molar-refractivity contribution is 7.80. The number of phenols is 1. The van der Waals surface area contributed by atoms with Gasteiger partial charge in [0.05, 0.1) is 23.5 Å². The third-order valence-electron chi connectivity index (χ3n) is 5.66. The smallest absolute Gasteiger partial charge is 0.170 e. The maximum absolute atomic E-state index is 10.5. The van der Waals surface area contributed by atoms with Crippen LogP contribution >= 0.6 is 23.8 Å². The molecule has 3 aromatic rings. The second kappa shape index (κ2) is 7.93. The molecule has 30 heavy (non-hydrogen) atoms. The first-order valence-corrected chi connectivity index (χ1v) is 10.8. The van der Waals surface area contributed by atoms with Gasteiger partial charge < -0.3 is 19.9 Å². The number of hydrogen-bond acceptors (Lipinski definition) is 3. The maximum atomic E-state index is 10.5. The van der Waals surface area contributed by atoms with Crippen molar-refractivity contribution in [3.63, 3.8) is 0 Å². The van der Waals surface area contributed by atoms with Crippen LogP contribution < -0.4 is 5.32 Å². The van der Waals surface area contributed by atoms with E-state index in [9.17, 15) is 5.11 Å². The zero-order valence-corrected chi connectivity index (χ0v) is 19.0. The van der Waals surface area contributed by atoms with Gasteiger partial charge in [-0.05, 0) is 81.9 Å². The maximum Gasteiger partial charge on any atom is 0.170 e. The van der Waals surface area contributed by atoms with Crippen molar-refractivity contribution in [2.75, 3.05) is 0 Å². The van der Waals surface area contributed by atoms with E-state index in [0.29, 0.717) is 10.7 Å². The third kappa shape index (κ3) is 3.44. The summed E-state index contributed by atoms with van der Waals surface area (Å²) in [6.45, 7) is 8.39. The predicted octanol–water partition coefficient (Wildman–Crippen LogP) is 5.23. The average Bonchev–Trinajstić information content (AvgIpc) is 3.20. The number of aromatic hydroxyl groups is 1. The van der Waals surface area contributed by atoms with Crippen LogP contribution in [0.4, 0.5) is 0 Å². The first kappa shape index (κ1) is 20.7. The Labute approximate surface area is 187 Å². The number of nitrogens with zero attached hydrogens (tertiary/aromatic N) is 3. The monoisotopic (exact) mass is 440 g/mol. The number of aromatic nitrogens is 2. The molecular weight excluding hydrogens is 416 g/mol. The SMILES string of the molecule is Cc1cc([C@@H]2[C@H](c3ccccn3)NC(=S)N2C(C)C)c(C)n1-c1cc(Cl)ccc1O. The molecule has 0 unspecified atom stereocenters. The molecule has 1 fully saturated rings. The van der Waals surface area contributed by atoms with Gasteiger partial charge in [0.1, 0.15) is 5.75 Å². The van der Waals surface area contributed by atoms with Crippen LogP contribution in [0.1, 0.15) is 48.6 Å². The molecule has 156 valence electrons. The van der Waals surface area contributed by atoms with Gasteiger partial charge in [0.15, 0.2) is 5.11 Å². The average molecular weight is 441 g/mol. The van der Waals surface area contributed by atoms with Crippen LogP contribution in [0.15, 0.2) is 48.7 Å². The summed E-state index contributed by atoms with van der Waals surface area (Å²) in [7, 11) is 0. The number of rotatable bonds is 4. The lowest BCUT2D eigenvalue weighted by molar-refractivity contribution is 0.269. The highest BCUT2D eigenvalue weighted by Gasteiger charge is 2.42. The molecule has 4 rings (SSSR count). The highest BCUT2D eigenvalue weighted by atomic mass is 35.5. The summed E-state index contributed by atoms with van der Waals surface area (Å²) in [5.41, 5.74) is 4.81. The molecule has 0 saturated carbocycles. The molecule has 5 nitrogen and oxygen atoms in total. The molecule has 1 saturated heterocycles. The Hall–Kier alpha value is -2.57. The summed E-state index contributed by atoms with van der Waals surface area (Å²) in [5, 5.41) is 15.3.